The van der Waals surface area contributed by atoms with Crippen LogP contribution >= 0.6 is 0 Å². The third kappa shape index (κ3) is 4.71. The zero-order valence-corrected chi connectivity index (χ0v) is 13.8. The van der Waals surface area contributed by atoms with Gasteiger partial charge in [-0.15, -0.1) is 0 Å². The zero-order valence-electron chi connectivity index (χ0n) is 13.8. The first-order valence-electron chi connectivity index (χ1n) is 8.18. The molecule has 5 heteroatoms. The van der Waals surface area contributed by atoms with E-state index in [4.69, 9.17) is 9.47 Å². The number of hydrogen-bond acceptors (Lipinski definition) is 4. The Morgan fingerprint density at radius 1 is 1.04 bits per heavy atom. The Kier molecular flexibility index (Phi) is 6.44. The third-order valence-corrected chi connectivity index (χ3v) is 4.47. The van der Waals surface area contributed by atoms with Crippen molar-refractivity contribution in [2.75, 3.05) is 19.5 Å². The Bertz CT molecular complexity index is 518. The van der Waals surface area contributed by atoms with Crippen molar-refractivity contribution in [3.05, 3.63) is 24.3 Å². The van der Waals surface area contributed by atoms with Gasteiger partial charge in [-0.05, 0) is 43.0 Å². The quantitative estimate of drug-likeness (QED) is 0.513. The number of rotatable bonds is 5. The van der Waals surface area contributed by atoms with Crippen LogP contribution in [0.15, 0.2) is 24.3 Å². The molecule has 1 N–H and O–H groups in total. The molecule has 0 bridgehead atoms. The second-order valence-electron chi connectivity index (χ2n) is 5.97. The number of ether oxygens (including phenoxy) is 2. The molecule has 1 saturated carbocycles. The van der Waals surface area contributed by atoms with E-state index in [1.54, 1.807) is 31.4 Å². The van der Waals surface area contributed by atoms with Crippen LogP contribution in [0, 0.1) is 11.8 Å². The topological polar surface area (TPSA) is 64.6 Å². The van der Waals surface area contributed by atoms with Gasteiger partial charge in [-0.2, -0.15) is 0 Å². The lowest BCUT2D eigenvalue weighted by molar-refractivity contribution is -0.151. The van der Waals surface area contributed by atoms with Gasteiger partial charge >= 0.3 is 5.97 Å². The number of methoxy groups -OCH3 is 2. The van der Waals surface area contributed by atoms with Gasteiger partial charge in [0.25, 0.3) is 0 Å². The lowest BCUT2D eigenvalue weighted by Crippen LogP contribution is -2.36. The molecule has 1 fully saturated rings. The molecule has 0 aliphatic heterocycles. The Balaban J connectivity index is 2.10. The maximum Gasteiger partial charge on any atom is 0.318 e. The summed E-state index contributed by atoms with van der Waals surface area (Å²) in [4.78, 5) is 24.8. The van der Waals surface area contributed by atoms with Crippen LogP contribution in [0.25, 0.3) is 0 Å². The second-order valence-corrected chi connectivity index (χ2v) is 5.97. The van der Waals surface area contributed by atoms with Crippen LogP contribution in [-0.4, -0.2) is 26.1 Å². The fourth-order valence-corrected chi connectivity index (χ4v) is 3.18. The van der Waals surface area contributed by atoms with Crippen molar-refractivity contribution in [3.8, 4) is 5.75 Å². The molecule has 1 amide bonds. The first-order valence-corrected chi connectivity index (χ1v) is 8.18. The minimum atomic E-state index is -0.736. The van der Waals surface area contributed by atoms with Gasteiger partial charge in [0.15, 0.2) is 0 Å². The molecule has 1 atom stereocenters. The number of esters is 1. The summed E-state index contributed by atoms with van der Waals surface area (Å²) in [6.45, 7) is 0. The standard InChI is InChI=1S/C18H25NO4/c1-22-15-11-9-14(10-12-15)19-17(20)16(18(21)23-2)13-7-5-3-4-6-8-13/h9-13,16H,3-8H2,1-2H3,(H,19,20). The molecule has 0 heterocycles. The Morgan fingerprint density at radius 3 is 2.17 bits per heavy atom. The summed E-state index contributed by atoms with van der Waals surface area (Å²) in [7, 11) is 2.93. The summed E-state index contributed by atoms with van der Waals surface area (Å²) in [5.41, 5.74) is 0.651. The number of nitrogens with one attached hydrogen (secondary N) is 1. The third-order valence-electron chi connectivity index (χ3n) is 4.47. The highest BCUT2D eigenvalue weighted by atomic mass is 16.5. The van der Waals surface area contributed by atoms with Crippen molar-refractivity contribution in [1.82, 2.24) is 0 Å². The van der Waals surface area contributed by atoms with E-state index in [0.29, 0.717) is 5.69 Å². The molecule has 1 aromatic rings. The molecule has 2 rings (SSSR count). The van der Waals surface area contributed by atoms with Crippen LogP contribution in [0.3, 0.4) is 0 Å². The Hall–Kier alpha value is -2.04. The van der Waals surface area contributed by atoms with Gasteiger partial charge in [0.2, 0.25) is 5.91 Å². The smallest absolute Gasteiger partial charge is 0.318 e. The lowest BCUT2D eigenvalue weighted by Gasteiger charge is -2.23. The summed E-state index contributed by atoms with van der Waals surface area (Å²) in [5, 5.41) is 2.83. The van der Waals surface area contributed by atoms with Gasteiger partial charge in [-0.1, -0.05) is 25.7 Å². The summed E-state index contributed by atoms with van der Waals surface area (Å²) < 4.78 is 9.98. The monoisotopic (exact) mass is 319 g/mol. The molecule has 1 aromatic carbocycles. The van der Waals surface area contributed by atoms with Crippen LogP contribution in [-0.2, 0) is 14.3 Å². The predicted octanol–water partition coefficient (Wildman–Crippen LogP) is 3.39. The predicted molar refractivity (Wildman–Crippen MR) is 88.3 cm³/mol. The molecule has 5 nitrogen and oxygen atoms in total. The van der Waals surface area contributed by atoms with E-state index in [9.17, 15) is 9.59 Å². The largest absolute Gasteiger partial charge is 0.497 e. The van der Waals surface area contributed by atoms with Gasteiger partial charge < -0.3 is 14.8 Å². The fourth-order valence-electron chi connectivity index (χ4n) is 3.18. The molecule has 1 aliphatic carbocycles. The molecule has 0 radical (unpaired) electrons. The molecule has 126 valence electrons. The van der Waals surface area contributed by atoms with Crippen molar-refractivity contribution in [2.45, 2.75) is 38.5 Å². The van der Waals surface area contributed by atoms with Gasteiger partial charge in [0, 0.05) is 5.69 Å². The number of anilines is 1. The minimum Gasteiger partial charge on any atom is -0.497 e. The Labute approximate surface area is 137 Å². The average Bonchev–Trinajstić information content (AvgIpc) is 2.84. The maximum absolute atomic E-state index is 12.6. The van der Waals surface area contributed by atoms with Crippen molar-refractivity contribution < 1.29 is 19.1 Å². The summed E-state index contributed by atoms with van der Waals surface area (Å²) >= 11 is 0. The van der Waals surface area contributed by atoms with Crippen LogP contribution in [0.4, 0.5) is 5.69 Å². The van der Waals surface area contributed by atoms with E-state index in [-0.39, 0.29) is 11.8 Å². The van der Waals surface area contributed by atoms with Gasteiger partial charge in [0.1, 0.15) is 11.7 Å². The Morgan fingerprint density at radius 2 is 1.65 bits per heavy atom. The summed E-state index contributed by atoms with van der Waals surface area (Å²) in [6.07, 6.45) is 6.27. The summed E-state index contributed by atoms with van der Waals surface area (Å²) in [6, 6.07) is 7.07. The van der Waals surface area contributed by atoms with E-state index in [1.807, 2.05) is 0 Å². The first-order chi connectivity index (χ1) is 11.2. The van der Waals surface area contributed by atoms with Crippen molar-refractivity contribution >= 4 is 17.6 Å². The van der Waals surface area contributed by atoms with E-state index >= 15 is 0 Å². The fraction of sp³-hybridized carbons (Fsp3) is 0.556. The second kappa shape index (κ2) is 8.56. The molecule has 1 aliphatic rings. The number of carbonyl (C=O) groups excluding carboxylic acids is 2. The van der Waals surface area contributed by atoms with Crippen LogP contribution in [0.1, 0.15) is 38.5 Å². The van der Waals surface area contributed by atoms with Crippen molar-refractivity contribution in [1.29, 1.82) is 0 Å². The molecule has 1 unspecified atom stereocenters. The lowest BCUT2D eigenvalue weighted by atomic mass is 9.85. The molecule has 0 aromatic heterocycles. The summed E-state index contributed by atoms with van der Waals surface area (Å²) in [5.74, 6) is -0.684. The highest BCUT2D eigenvalue weighted by molar-refractivity contribution is 6.05. The molecule has 0 saturated heterocycles. The van der Waals surface area contributed by atoms with Crippen LogP contribution in [0.2, 0.25) is 0 Å². The average molecular weight is 319 g/mol. The highest BCUT2D eigenvalue weighted by Crippen LogP contribution is 2.31. The normalized spacial score (nSPS) is 17.0. The minimum absolute atomic E-state index is 0.0585. The van der Waals surface area contributed by atoms with Crippen molar-refractivity contribution in [3.63, 3.8) is 0 Å². The molecular formula is C18H25NO4. The van der Waals surface area contributed by atoms with Crippen LogP contribution in [0.5, 0.6) is 5.75 Å². The van der Waals surface area contributed by atoms with E-state index in [0.717, 1.165) is 31.4 Å². The number of carbonyl (C=O) groups is 2. The first kappa shape index (κ1) is 17.3. The molecular weight excluding hydrogens is 294 g/mol. The highest BCUT2D eigenvalue weighted by Gasteiger charge is 2.35. The van der Waals surface area contributed by atoms with Gasteiger partial charge in [-0.3, -0.25) is 9.59 Å². The van der Waals surface area contributed by atoms with E-state index in [1.165, 1.54) is 20.0 Å². The van der Waals surface area contributed by atoms with Crippen LogP contribution < -0.4 is 10.1 Å². The SMILES string of the molecule is COC(=O)C(C(=O)Nc1ccc(OC)cc1)C1CCCCCC1. The van der Waals surface area contributed by atoms with Gasteiger partial charge in [-0.25, -0.2) is 0 Å². The van der Waals surface area contributed by atoms with Gasteiger partial charge in [0.05, 0.1) is 14.2 Å². The molecule has 23 heavy (non-hydrogen) atoms. The van der Waals surface area contributed by atoms with E-state index < -0.39 is 11.9 Å². The number of amides is 1. The number of benzene rings is 1. The zero-order chi connectivity index (χ0) is 16.7. The van der Waals surface area contributed by atoms with Crippen molar-refractivity contribution in [2.24, 2.45) is 11.8 Å². The number of hydrogen-bond donors (Lipinski definition) is 1. The van der Waals surface area contributed by atoms with E-state index in [2.05, 4.69) is 5.32 Å². The molecule has 0 spiro atoms. The maximum atomic E-state index is 12.6.